The first-order chi connectivity index (χ1) is 6.79. The van der Waals surface area contributed by atoms with E-state index in [2.05, 4.69) is 18.8 Å². The third-order valence-electron chi connectivity index (χ3n) is 1.72. The highest BCUT2D eigenvalue weighted by Gasteiger charge is 2.25. The van der Waals surface area contributed by atoms with Gasteiger partial charge < -0.3 is 8.85 Å². The zero-order chi connectivity index (χ0) is 10.8. The minimum absolute atomic E-state index is 0.233. The first-order valence-electron chi connectivity index (χ1n) is 5.40. The predicted molar refractivity (Wildman–Crippen MR) is 61.9 cm³/mol. The summed E-state index contributed by atoms with van der Waals surface area (Å²) in [5.41, 5.74) is 0.233. The summed E-state index contributed by atoms with van der Waals surface area (Å²) in [6, 6.07) is 0. The van der Waals surface area contributed by atoms with E-state index < -0.39 is 9.28 Å². The first-order valence-corrected chi connectivity index (χ1v) is 6.79. The Hall–Kier alpha value is -0.193. The van der Waals surface area contributed by atoms with Gasteiger partial charge in [-0.15, -0.1) is 0 Å². The molecule has 0 saturated carbocycles. The van der Waals surface area contributed by atoms with E-state index in [1.807, 2.05) is 20.1 Å². The first kappa shape index (κ1) is 13.8. The van der Waals surface area contributed by atoms with E-state index in [1.54, 1.807) is 0 Å². The molecule has 0 aliphatic heterocycles. The predicted octanol–water partition coefficient (Wildman–Crippen LogP) is 2.35. The van der Waals surface area contributed by atoms with Crippen molar-refractivity contribution < 1.29 is 8.85 Å². The van der Waals surface area contributed by atoms with Crippen LogP contribution in [0.4, 0.5) is 0 Å². The minimum Gasteiger partial charge on any atom is -0.392 e. The second kappa shape index (κ2) is 9.37. The van der Waals surface area contributed by atoms with Crippen molar-refractivity contribution in [3.8, 4) is 0 Å². The van der Waals surface area contributed by atoms with Crippen molar-refractivity contribution >= 4 is 15.5 Å². The van der Waals surface area contributed by atoms with E-state index in [0.29, 0.717) is 6.61 Å². The summed E-state index contributed by atoms with van der Waals surface area (Å²) in [7, 11) is -1.21. The van der Waals surface area contributed by atoms with Crippen molar-refractivity contribution in [3.63, 3.8) is 0 Å². The molecule has 0 amide bonds. The number of rotatable bonds is 8. The zero-order valence-corrected chi connectivity index (χ0v) is 10.7. The van der Waals surface area contributed by atoms with Crippen LogP contribution in [0.5, 0.6) is 0 Å². The average Bonchev–Trinajstić information content (AvgIpc) is 2.21. The molecule has 1 atom stereocenters. The maximum Gasteiger partial charge on any atom is 0.411 e. The monoisotopic (exact) mass is 216 g/mol. The lowest BCUT2D eigenvalue weighted by atomic mass is 10.5. The van der Waals surface area contributed by atoms with Crippen LogP contribution in [0.1, 0.15) is 40.5 Å². The van der Waals surface area contributed by atoms with E-state index in [4.69, 9.17) is 8.85 Å². The lowest BCUT2D eigenvalue weighted by Gasteiger charge is -2.19. The van der Waals surface area contributed by atoms with Crippen LogP contribution in [0.15, 0.2) is 4.99 Å². The van der Waals surface area contributed by atoms with Crippen molar-refractivity contribution in [2.24, 2.45) is 4.99 Å². The molecule has 0 aliphatic rings. The van der Waals surface area contributed by atoms with E-state index in [1.165, 1.54) is 0 Å². The Labute approximate surface area is 89.4 Å². The molecule has 0 rings (SSSR count). The normalized spacial score (nSPS) is 14.1. The molecule has 0 aromatic carbocycles. The van der Waals surface area contributed by atoms with E-state index in [9.17, 15) is 0 Å². The van der Waals surface area contributed by atoms with Crippen LogP contribution < -0.4 is 0 Å². The molecule has 83 valence electrons. The van der Waals surface area contributed by atoms with Crippen LogP contribution >= 0.6 is 0 Å². The molecule has 0 aromatic rings. The third kappa shape index (κ3) is 5.52. The van der Waals surface area contributed by atoms with Crippen molar-refractivity contribution in [2.75, 3.05) is 13.2 Å². The van der Waals surface area contributed by atoms with Gasteiger partial charge in [0, 0.05) is 13.2 Å². The van der Waals surface area contributed by atoms with Gasteiger partial charge in [0.05, 0.1) is 5.67 Å². The standard InChI is InChI=1S/C10H22NO2Si/c1-5-9-13-14(12-8-4)10(6-2)11-7-3/h7,10H,5-6,8-9H2,1-4H3/b11-7+. The molecule has 4 heteroatoms. The molecule has 1 unspecified atom stereocenters. The number of hydrogen-bond donors (Lipinski definition) is 0. The number of hydrogen-bond acceptors (Lipinski definition) is 3. The molecule has 1 radical (unpaired) electrons. The summed E-state index contributed by atoms with van der Waals surface area (Å²) in [6.45, 7) is 9.67. The molecule has 3 nitrogen and oxygen atoms in total. The smallest absolute Gasteiger partial charge is 0.392 e. The molecular formula is C10H22NO2Si. The van der Waals surface area contributed by atoms with Crippen LogP contribution in [-0.4, -0.2) is 34.4 Å². The molecule has 0 saturated heterocycles. The molecule has 0 N–H and O–H groups in total. The van der Waals surface area contributed by atoms with Crippen molar-refractivity contribution in [1.82, 2.24) is 0 Å². The minimum atomic E-state index is -1.21. The highest BCUT2D eigenvalue weighted by molar-refractivity contribution is 6.46. The lowest BCUT2D eigenvalue weighted by molar-refractivity contribution is 0.196. The van der Waals surface area contributed by atoms with Gasteiger partial charge in [0.1, 0.15) is 0 Å². The van der Waals surface area contributed by atoms with Gasteiger partial charge in [0.15, 0.2) is 0 Å². The summed E-state index contributed by atoms with van der Waals surface area (Å²) < 4.78 is 11.3. The van der Waals surface area contributed by atoms with Gasteiger partial charge in [0.25, 0.3) is 0 Å². The Balaban J connectivity index is 4.11. The summed E-state index contributed by atoms with van der Waals surface area (Å²) in [5, 5.41) is 0. The molecule has 0 aliphatic carbocycles. The molecular weight excluding hydrogens is 194 g/mol. The fraction of sp³-hybridized carbons (Fsp3) is 0.900. The summed E-state index contributed by atoms with van der Waals surface area (Å²) in [6.07, 6.45) is 3.86. The van der Waals surface area contributed by atoms with Gasteiger partial charge in [-0.05, 0) is 32.9 Å². The fourth-order valence-electron chi connectivity index (χ4n) is 1.09. The highest BCUT2D eigenvalue weighted by Crippen LogP contribution is 2.06. The molecule has 0 spiro atoms. The lowest BCUT2D eigenvalue weighted by Crippen LogP contribution is -2.36. The SMILES string of the molecule is C/C=N/C(CC)[Si](OCC)OCCC. The maximum absolute atomic E-state index is 5.70. The van der Waals surface area contributed by atoms with Gasteiger partial charge in [-0.3, -0.25) is 4.99 Å². The second-order valence-electron chi connectivity index (χ2n) is 2.93. The molecule has 0 heterocycles. The van der Waals surface area contributed by atoms with Crippen LogP contribution in [0.25, 0.3) is 0 Å². The molecule has 0 aromatic heterocycles. The fourth-order valence-corrected chi connectivity index (χ4v) is 2.85. The van der Waals surface area contributed by atoms with Crippen molar-refractivity contribution in [3.05, 3.63) is 0 Å². The van der Waals surface area contributed by atoms with Gasteiger partial charge >= 0.3 is 9.28 Å². The third-order valence-corrected chi connectivity index (χ3v) is 3.89. The Kier molecular flexibility index (Phi) is 9.24. The molecule has 14 heavy (non-hydrogen) atoms. The number of nitrogens with zero attached hydrogens (tertiary/aromatic N) is 1. The van der Waals surface area contributed by atoms with Crippen LogP contribution in [0.2, 0.25) is 0 Å². The number of aliphatic imine (C=N–C) groups is 1. The largest absolute Gasteiger partial charge is 0.411 e. The quantitative estimate of drug-likeness (QED) is 0.460. The topological polar surface area (TPSA) is 30.8 Å². The Morgan fingerprint density at radius 2 is 2.00 bits per heavy atom. The van der Waals surface area contributed by atoms with Crippen LogP contribution in [-0.2, 0) is 8.85 Å². The van der Waals surface area contributed by atoms with Crippen LogP contribution in [0, 0.1) is 0 Å². The molecule has 0 bridgehead atoms. The van der Waals surface area contributed by atoms with Gasteiger partial charge in [0.2, 0.25) is 0 Å². The summed E-state index contributed by atoms with van der Waals surface area (Å²) in [4.78, 5) is 4.38. The Morgan fingerprint density at radius 3 is 2.43 bits per heavy atom. The zero-order valence-electron chi connectivity index (χ0n) is 9.75. The van der Waals surface area contributed by atoms with Crippen molar-refractivity contribution in [1.29, 1.82) is 0 Å². The Morgan fingerprint density at radius 1 is 1.29 bits per heavy atom. The van der Waals surface area contributed by atoms with Gasteiger partial charge in [-0.2, -0.15) is 0 Å². The van der Waals surface area contributed by atoms with Crippen LogP contribution in [0.3, 0.4) is 0 Å². The van der Waals surface area contributed by atoms with E-state index in [-0.39, 0.29) is 5.67 Å². The maximum atomic E-state index is 5.70. The summed E-state index contributed by atoms with van der Waals surface area (Å²) in [5.74, 6) is 0. The van der Waals surface area contributed by atoms with E-state index in [0.717, 1.165) is 19.4 Å². The summed E-state index contributed by atoms with van der Waals surface area (Å²) >= 11 is 0. The molecule has 0 fully saturated rings. The van der Waals surface area contributed by atoms with Crippen molar-refractivity contribution in [2.45, 2.75) is 46.2 Å². The highest BCUT2D eigenvalue weighted by atomic mass is 28.3. The average molecular weight is 216 g/mol. The van der Waals surface area contributed by atoms with E-state index >= 15 is 0 Å². The van der Waals surface area contributed by atoms with Gasteiger partial charge in [-0.1, -0.05) is 13.8 Å². The van der Waals surface area contributed by atoms with Gasteiger partial charge in [-0.25, -0.2) is 0 Å². The Bertz CT molecular complexity index is 153. The second-order valence-corrected chi connectivity index (χ2v) is 4.81.